The maximum atomic E-state index is 15.4. The number of nitrogens with zero attached hydrogens (tertiary/aromatic N) is 4. The van der Waals surface area contributed by atoms with Crippen molar-refractivity contribution in [2.45, 2.75) is 70.4 Å². The van der Waals surface area contributed by atoms with Crippen LogP contribution in [-0.4, -0.2) is 57.7 Å². The molecule has 0 N–H and O–H groups in total. The zero-order valence-corrected chi connectivity index (χ0v) is 22.5. The number of ether oxygens (including phenoxy) is 1. The topological polar surface area (TPSA) is 50.7 Å². The highest BCUT2D eigenvalue weighted by Crippen LogP contribution is 2.38. The van der Waals surface area contributed by atoms with Crippen LogP contribution < -0.4 is 9.80 Å². The van der Waals surface area contributed by atoms with Gasteiger partial charge in [-0.1, -0.05) is 32.9 Å². The van der Waals surface area contributed by atoms with E-state index in [0.29, 0.717) is 23.8 Å². The van der Waals surface area contributed by atoms with Crippen LogP contribution >= 0.6 is 0 Å². The van der Waals surface area contributed by atoms with Gasteiger partial charge in [0.2, 0.25) is 5.95 Å². The van der Waals surface area contributed by atoms with Crippen LogP contribution in [-0.2, 0) is 15.8 Å². The second kappa shape index (κ2) is 9.91. The van der Waals surface area contributed by atoms with E-state index in [-0.39, 0.29) is 17.0 Å². The van der Waals surface area contributed by atoms with Crippen LogP contribution in [0.1, 0.15) is 50.7 Å². The predicted octanol–water partition coefficient (Wildman–Crippen LogP) is 5.36. The van der Waals surface area contributed by atoms with E-state index < -0.39 is 8.32 Å². The Balaban J connectivity index is 1.35. The molecule has 2 aromatic rings. The molecule has 34 heavy (non-hydrogen) atoms. The molecule has 4 rings (SSSR count). The van der Waals surface area contributed by atoms with Crippen LogP contribution in [0.15, 0.2) is 30.6 Å². The summed E-state index contributed by atoms with van der Waals surface area (Å²) < 4.78 is 27.0. The molecule has 1 aromatic carbocycles. The lowest BCUT2D eigenvalue weighted by Gasteiger charge is -2.38. The Morgan fingerprint density at radius 3 is 2.29 bits per heavy atom. The Bertz CT molecular complexity index is 966. The third kappa shape index (κ3) is 5.29. The molecule has 0 atom stereocenters. The van der Waals surface area contributed by atoms with E-state index in [0.717, 1.165) is 45.0 Å². The first kappa shape index (κ1) is 25.1. The molecule has 0 aliphatic carbocycles. The number of halogens is 1. The molecule has 186 valence electrons. The quantitative estimate of drug-likeness (QED) is 0.491. The fourth-order valence-electron chi connectivity index (χ4n) is 4.31. The maximum Gasteiger partial charge on any atom is 0.225 e. The fraction of sp³-hybridized carbons (Fsp3) is 0.615. The highest BCUT2D eigenvalue weighted by molar-refractivity contribution is 6.74. The molecule has 2 fully saturated rings. The van der Waals surface area contributed by atoms with Crippen LogP contribution in [0.3, 0.4) is 0 Å². The molecular formula is C26H39FN4O2Si. The lowest BCUT2D eigenvalue weighted by atomic mass is 9.91. The van der Waals surface area contributed by atoms with Crippen LogP contribution in [0.5, 0.6) is 0 Å². The number of anilines is 2. The van der Waals surface area contributed by atoms with Crippen LogP contribution in [0.4, 0.5) is 16.0 Å². The molecule has 0 unspecified atom stereocenters. The average molecular weight is 487 g/mol. The molecule has 0 bridgehead atoms. The minimum atomic E-state index is -1.93. The average Bonchev–Trinajstić information content (AvgIpc) is 2.78. The van der Waals surface area contributed by atoms with E-state index >= 15 is 4.39 Å². The summed E-state index contributed by atoms with van der Waals surface area (Å²) in [7, 11) is -0.191. The number of hydrogen-bond acceptors (Lipinski definition) is 6. The first-order valence-electron chi connectivity index (χ1n) is 12.3. The predicted molar refractivity (Wildman–Crippen MR) is 138 cm³/mol. The highest BCUT2D eigenvalue weighted by atomic mass is 28.4. The number of aromatic nitrogens is 2. The molecule has 6 nitrogen and oxygen atoms in total. The Morgan fingerprint density at radius 2 is 1.71 bits per heavy atom. The number of hydrogen-bond donors (Lipinski definition) is 0. The summed E-state index contributed by atoms with van der Waals surface area (Å²) in [6.07, 6.45) is 6.12. The van der Waals surface area contributed by atoms with Gasteiger partial charge in [0.1, 0.15) is 0 Å². The lowest BCUT2D eigenvalue weighted by molar-refractivity contribution is 0.0778. The smallest absolute Gasteiger partial charge is 0.225 e. The van der Waals surface area contributed by atoms with Gasteiger partial charge in [0.25, 0.3) is 0 Å². The first-order chi connectivity index (χ1) is 16.1. The van der Waals surface area contributed by atoms with Gasteiger partial charge in [-0.25, -0.2) is 14.4 Å². The van der Waals surface area contributed by atoms with Gasteiger partial charge in [0.05, 0.1) is 18.4 Å². The third-order valence-electron chi connectivity index (χ3n) is 7.88. The Morgan fingerprint density at radius 1 is 1.06 bits per heavy atom. The largest absolute Gasteiger partial charge is 0.412 e. The van der Waals surface area contributed by atoms with Gasteiger partial charge < -0.3 is 19.0 Å². The Kier molecular flexibility index (Phi) is 7.31. The van der Waals surface area contributed by atoms with Crippen LogP contribution in [0.2, 0.25) is 18.1 Å². The van der Waals surface area contributed by atoms with Crippen molar-refractivity contribution in [2.24, 2.45) is 0 Å². The van der Waals surface area contributed by atoms with E-state index in [1.54, 1.807) is 7.11 Å². The van der Waals surface area contributed by atoms with Gasteiger partial charge in [0.15, 0.2) is 14.1 Å². The Hall–Kier alpha value is -2.03. The zero-order chi connectivity index (χ0) is 24.5. The fourth-order valence-corrected chi connectivity index (χ4v) is 5.26. The summed E-state index contributed by atoms with van der Waals surface area (Å²) in [5, 5.41) is 0.104. The molecule has 2 aliphatic rings. The van der Waals surface area contributed by atoms with Gasteiger partial charge in [0, 0.05) is 51.2 Å². The van der Waals surface area contributed by atoms with Gasteiger partial charge >= 0.3 is 0 Å². The summed E-state index contributed by atoms with van der Waals surface area (Å²) in [4.78, 5) is 13.5. The summed E-state index contributed by atoms with van der Waals surface area (Å²) >= 11 is 0. The minimum Gasteiger partial charge on any atom is -0.412 e. The van der Waals surface area contributed by atoms with Crippen molar-refractivity contribution >= 4 is 20.0 Å². The third-order valence-corrected chi connectivity index (χ3v) is 12.4. The number of methoxy groups -OCH3 is 1. The molecule has 0 radical (unpaired) electrons. The van der Waals surface area contributed by atoms with Gasteiger partial charge in [-0.05, 0) is 48.5 Å². The van der Waals surface area contributed by atoms with E-state index in [2.05, 4.69) is 53.6 Å². The van der Waals surface area contributed by atoms with Crippen molar-refractivity contribution in [3.8, 4) is 0 Å². The minimum absolute atomic E-state index is 0.104. The molecule has 1 aromatic heterocycles. The molecule has 0 spiro atoms. The molecule has 2 saturated heterocycles. The van der Waals surface area contributed by atoms with E-state index in [4.69, 9.17) is 9.16 Å². The second-order valence-corrected chi connectivity index (χ2v) is 15.9. The van der Waals surface area contributed by atoms with Crippen LogP contribution in [0.25, 0.3) is 0 Å². The van der Waals surface area contributed by atoms with Crippen molar-refractivity contribution in [3.05, 3.63) is 47.5 Å². The number of piperidine rings is 1. The second-order valence-electron chi connectivity index (χ2n) is 11.1. The van der Waals surface area contributed by atoms with E-state index in [1.165, 1.54) is 5.56 Å². The first-order valence-corrected chi connectivity index (χ1v) is 15.3. The normalized spacial score (nSPS) is 18.3. The maximum absolute atomic E-state index is 15.4. The number of benzene rings is 1. The SMILES string of the molecule is COC1CN(c2ncc(C3CCN(c4cccc(CO[Si](C)(C)C(C)(C)C)c4F)CC3)cn2)C1. The van der Waals surface area contributed by atoms with E-state index in [1.807, 2.05) is 30.6 Å². The van der Waals surface area contributed by atoms with Crippen molar-refractivity contribution in [2.75, 3.05) is 43.1 Å². The lowest BCUT2D eigenvalue weighted by Crippen LogP contribution is -2.52. The number of rotatable bonds is 7. The summed E-state index contributed by atoms with van der Waals surface area (Å²) in [5.41, 5.74) is 2.51. The molecule has 0 amide bonds. The van der Waals surface area contributed by atoms with Gasteiger partial charge in [-0.3, -0.25) is 0 Å². The Labute approximate surface area is 204 Å². The zero-order valence-electron chi connectivity index (χ0n) is 21.5. The van der Waals surface area contributed by atoms with E-state index in [9.17, 15) is 0 Å². The van der Waals surface area contributed by atoms with Crippen molar-refractivity contribution in [1.82, 2.24) is 9.97 Å². The molecule has 0 saturated carbocycles. The summed E-state index contributed by atoms with van der Waals surface area (Å²) in [6.45, 7) is 14.7. The summed E-state index contributed by atoms with van der Waals surface area (Å²) in [6, 6.07) is 5.69. The standard InChI is InChI=1S/C26H39FN4O2Si/c1-26(2,3)34(5,6)33-18-20-8-7-9-23(24(20)27)30-12-10-19(11-13-30)21-14-28-25(29-15-21)31-16-22(17-31)32-4/h7-9,14-15,19,22H,10-13,16-18H2,1-6H3. The summed E-state index contributed by atoms with van der Waals surface area (Å²) in [5.74, 6) is 1.03. The van der Waals surface area contributed by atoms with Gasteiger partial charge in [-0.15, -0.1) is 0 Å². The monoisotopic (exact) mass is 486 g/mol. The van der Waals surface area contributed by atoms with Crippen molar-refractivity contribution in [3.63, 3.8) is 0 Å². The highest BCUT2D eigenvalue weighted by Gasteiger charge is 2.37. The van der Waals surface area contributed by atoms with Gasteiger partial charge in [-0.2, -0.15) is 0 Å². The van der Waals surface area contributed by atoms with Crippen LogP contribution in [0, 0.1) is 5.82 Å². The van der Waals surface area contributed by atoms with Crippen molar-refractivity contribution in [1.29, 1.82) is 0 Å². The molecular weight excluding hydrogens is 447 g/mol. The van der Waals surface area contributed by atoms with Crippen molar-refractivity contribution < 1.29 is 13.6 Å². The molecule has 8 heteroatoms. The molecule has 2 aliphatic heterocycles. The molecule has 3 heterocycles.